The highest BCUT2D eigenvalue weighted by atomic mass is 19.4. The van der Waals surface area contributed by atoms with Crippen LogP contribution < -0.4 is 5.32 Å². The molecular weight excluding hydrogens is 217 g/mol. The molecule has 0 amide bonds. The van der Waals surface area contributed by atoms with E-state index in [0.717, 1.165) is 19.4 Å². The molecule has 98 valence electrons. The van der Waals surface area contributed by atoms with E-state index in [-0.39, 0.29) is 6.04 Å². The van der Waals surface area contributed by atoms with Crippen LogP contribution in [0.4, 0.5) is 13.2 Å². The maximum atomic E-state index is 12.4. The zero-order chi connectivity index (χ0) is 12.6. The van der Waals surface area contributed by atoms with E-state index in [9.17, 15) is 13.2 Å². The first-order chi connectivity index (χ1) is 7.44. The van der Waals surface area contributed by atoms with Crippen molar-refractivity contribution in [3.8, 4) is 0 Å². The van der Waals surface area contributed by atoms with Gasteiger partial charge in [0.05, 0.1) is 6.54 Å². The molecule has 1 unspecified atom stereocenters. The lowest BCUT2D eigenvalue weighted by Gasteiger charge is -2.31. The summed E-state index contributed by atoms with van der Waals surface area (Å²) in [6, 6.07) is -0.0264. The van der Waals surface area contributed by atoms with Gasteiger partial charge in [0.15, 0.2) is 0 Å². The molecule has 0 aliphatic carbocycles. The van der Waals surface area contributed by atoms with Gasteiger partial charge < -0.3 is 5.32 Å². The Balaban J connectivity index is 4.33. The minimum Gasteiger partial charge on any atom is -0.315 e. The first-order valence-corrected chi connectivity index (χ1v) is 5.96. The lowest BCUT2D eigenvalue weighted by molar-refractivity contribution is -0.150. The molecule has 2 nitrogen and oxygen atoms in total. The molecule has 0 aliphatic heterocycles. The highest BCUT2D eigenvalue weighted by Gasteiger charge is 2.32. The van der Waals surface area contributed by atoms with Crippen molar-refractivity contribution in [1.29, 1.82) is 0 Å². The maximum absolute atomic E-state index is 12.4. The predicted octanol–water partition coefficient (Wildman–Crippen LogP) is 2.65. The molecule has 0 bridgehead atoms. The molecule has 0 spiro atoms. The lowest BCUT2D eigenvalue weighted by atomic mass is 10.1. The average molecular weight is 240 g/mol. The first-order valence-electron chi connectivity index (χ1n) is 5.96. The van der Waals surface area contributed by atoms with Crippen LogP contribution in [-0.4, -0.2) is 43.3 Å². The summed E-state index contributed by atoms with van der Waals surface area (Å²) < 4.78 is 37.2. The molecule has 0 heterocycles. The van der Waals surface area contributed by atoms with Crippen molar-refractivity contribution >= 4 is 0 Å². The van der Waals surface area contributed by atoms with Crippen LogP contribution in [0.3, 0.4) is 0 Å². The second-order valence-corrected chi connectivity index (χ2v) is 3.96. The largest absolute Gasteiger partial charge is 0.401 e. The van der Waals surface area contributed by atoms with Crippen molar-refractivity contribution in [3.63, 3.8) is 0 Å². The van der Waals surface area contributed by atoms with Crippen LogP contribution in [0.25, 0.3) is 0 Å². The molecule has 0 rings (SSSR count). The van der Waals surface area contributed by atoms with Gasteiger partial charge in [-0.1, -0.05) is 20.8 Å². The fourth-order valence-corrected chi connectivity index (χ4v) is 1.75. The fourth-order valence-electron chi connectivity index (χ4n) is 1.75. The van der Waals surface area contributed by atoms with Crippen LogP contribution in [0, 0.1) is 0 Å². The molecule has 0 aromatic heterocycles. The predicted molar refractivity (Wildman–Crippen MR) is 60.5 cm³/mol. The number of halogens is 3. The van der Waals surface area contributed by atoms with Crippen LogP contribution in [0.1, 0.15) is 33.6 Å². The molecule has 0 fully saturated rings. The zero-order valence-corrected chi connectivity index (χ0v) is 10.4. The van der Waals surface area contributed by atoms with Crippen LogP contribution in [0.2, 0.25) is 0 Å². The molecule has 1 atom stereocenters. The molecule has 0 aromatic rings. The minimum absolute atomic E-state index is 0.0264. The molecule has 1 N–H and O–H groups in total. The molecule has 5 heteroatoms. The second kappa shape index (κ2) is 7.90. The Morgan fingerprint density at radius 3 is 2.19 bits per heavy atom. The number of nitrogens with one attached hydrogen (secondary N) is 1. The molecule has 0 aromatic carbocycles. The van der Waals surface area contributed by atoms with Gasteiger partial charge in [-0.15, -0.1) is 0 Å². The summed E-state index contributed by atoms with van der Waals surface area (Å²) in [6.45, 7) is 6.92. The average Bonchev–Trinajstić information content (AvgIpc) is 2.17. The quantitative estimate of drug-likeness (QED) is 0.701. The number of nitrogens with zero attached hydrogens (tertiary/aromatic N) is 1. The number of hydrogen-bond donors (Lipinski definition) is 1. The van der Waals surface area contributed by atoms with E-state index in [2.05, 4.69) is 5.32 Å². The van der Waals surface area contributed by atoms with E-state index in [1.165, 1.54) is 4.90 Å². The molecule has 0 radical (unpaired) electrons. The van der Waals surface area contributed by atoms with Gasteiger partial charge in [-0.25, -0.2) is 0 Å². The zero-order valence-electron chi connectivity index (χ0n) is 10.4. The van der Waals surface area contributed by atoms with Crippen molar-refractivity contribution in [2.45, 2.75) is 45.8 Å². The minimum atomic E-state index is -4.10. The van der Waals surface area contributed by atoms with E-state index >= 15 is 0 Å². The van der Waals surface area contributed by atoms with E-state index in [0.29, 0.717) is 13.1 Å². The maximum Gasteiger partial charge on any atom is 0.401 e. The topological polar surface area (TPSA) is 15.3 Å². The smallest absolute Gasteiger partial charge is 0.315 e. The van der Waals surface area contributed by atoms with Crippen molar-refractivity contribution in [2.24, 2.45) is 0 Å². The number of rotatable bonds is 8. The van der Waals surface area contributed by atoms with Gasteiger partial charge in [0, 0.05) is 12.6 Å². The molecule has 0 aliphatic rings. The second-order valence-electron chi connectivity index (χ2n) is 3.96. The summed E-state index contributed by atoms with van der Waals surface area (Å²) >= 11 is 0. The third-order valence-corrected chi connectivity index (χ3v) is 2.51. The molecule has 0 saturated heterocycles. The third kappa shape index (κ3) is 7.06. The summed E-state index contributed by atoms with van der Waals surface area (Å²) in [4.78, 5) is 1.53. The van der Waals surface area contributed by atoms with E-state index in [1.54, 1.807) is 0 Å². The SMILES string of the molecule is CCCN(CC(F)(F)F)C(CC)CNCC. The van der Waals surface area contributed by atoms with Crippen LogP contribution in [0.15, 0.2) is 0 Å². The Morgan fingerprint density at radius 2 is 1.81 bits per heavy atom. The van der Waals surface area contributed by atoms with Gasteiger partial charge in [-0.05, 0) is 25.9 Å². The van der Waals surface area contributed by atoms with Gasteiger partial charge in [0.2, 0.25) is 0 Å². The van der Waals surface area contributed by atoms with Crippen molar-refractivity contribution < 1.29 is 13.2 Å². The summed E-state index contributed by atoms with van der Waals surface area (Å²) in [6.07, 6.45) is -2.61. The Hall–Kier alpha value is -0.290. The van der Waals surface area contributed by atoms with E-state index < -0.39 is 12.7 Å². The van der Waals surface area contributed by atoms with Gasteiger partial charge in [0.1, 0.15) is 0 Å². The Kier molecular flexibility index (Phi) is 7.76. The van der Waals surface area contributed by atoms with Crippen LogP contribution in [0.5, 0.6) is 0 Å². The Labute approximate surface area is 96.2 Å². The van der Waals surface area contributed by atoms with Crippen LogP contribution in [-0.2, 0) is 0 Å². The van der Waals surface area contributed by atoms with Crippen molar-refractivity contribution in [2.75, 3.05) is 26.2 Å². The summed E-state index contributed by atoms with van der Waals surface area (Å²) in [7, 11) is 0. The summed E-state index contributed by atoms with van der Waals surface area (Å²) in [5, 5.41) is 3.11. The van der Waals surface area contributed by atoms with Crippen molar-refractivity contribution in [1.82, 2.24) is 10.2 Å². The van der Waals surface area contributed by atoms with Gasteiger partial charge in [-0.2, -0.15) is 13.2 Å². The van der Waals surface area contributed by atoms with Gasteiger partial charge in [-0.3, -0.25) is 4.90 Å². The fraction of sp³-hybridized carbons (Fsp3) is 1.00. The number of alkyl halides is 3. The normalized spacial score (nSPS) is 14.4. The lowest BCUT2D eigenvalue weighted by Crippen LogP contribution is -2.46. The summed E-state index contributed by atoms with van der Waals surface area (Å²) in [5.74, 6) is 0. The number of likely N-dealkylation sites (N-methyl/N-ethyl adjacent to an activating group) is 1. The Morgan fingerprint density at radius 1 is 1.19 bits per heavy atom. The molecular formula is C11H23F3N2. The highest BCUT2D eigenvalue weighted by molar-refractivity contribution is 4.74. The highest BCUT2D eigenvalue weighted by Crippen LogP contribution is 2.19. The number of hydrogen-bond acceptors (Lipinski definition) is 2. The molecule has 16 heavy (non-hydrogen) atoms. The van der Waals surface area contributed by atoms with E-state index in [4.69, 9.17) is 0 Å². The standard InChI is InChI=1S/C11H23F3N2/c1-4-7-16(9-11(12,13)14)10(5-2)8-15-6-3/h10,15H,4-9H2,1-3H3. The molecule has 0 saturated carbocycles. The Bertz CT molecular complexity index is 171. The van der Waals surface area contributed by atoms with Gasteiger partial charge in [0.25, 0.3) is 0 Å². The van der Waals surface area contributed by atoms with E-state index in [1.807, 2.05) is 20.8 Å². The van der Waals surface area contributed by atoms with Crippen LogP contribution >= 0.6 is 0 Å². The first kappa shape index (κ1) is 15.7. The van der Waals surface area contributed by atoms with Crippen molar-refractivity contribution in [3.05, 3.63) is 0 Å². The summed E-state index contributed by atoms with van der Waals surface area (Å²) in [5.41, 5.74) is 0. The van der Waals surface area contributed by atoms with Gasteiger partial charge >= 0.3 is 6.18 Å². The third-order valence-electron chi connectivity index (χ3n) is 2.51. The monoisotopic (exact) mass is 240 g/mol.